The van der Waals surface area contributed by atoms with Crippen molar-refractivity contribution in [3.63, 3.8) is 0 Å². The van der Waals surface area contributed by atoms with E-state index in [2.05, 4.69) is 19.1 Å². The van der Waals surface area contributed by atoms with Gasteiger partial charge in [-0.05, 0) is 32.1 Å². The van der Waals surface area contributed by atoms with Crippen molar-refractivity contribution in [1.82, 2.24) is 5.06 Å². The van der Waals surface area contributed by atoms with Crippen molar-refractivity contribution in [2.24, 2.45) is 0 Å². The third-order valence-corrected chi connectivity index (χ3v) is 6.18. The lowest BCUT2D eigenvalue weighted by Crippen LogP contribution is -2.18. The van der Waals surface area contributed by atoms with Gasteiger partial charge in [0.25, 0.3) is 0 Å². The molecule has 0 saturated carbocycles. The van der Waals surface area contributed by atoms with Crippen LogP contribution in [-0.2, 0) is 9.63 Å². The summed E-state index contributed by atoms with van der Waals surface area (Å²) in [4.78, 5) is 16.4. The van der Waals surface area contributed by atoms with Gasteiger partial charge in [0, 0.05) is 20.5 Å². The fraction of sp³-hybridized carbons (Fsp3) is 0.897. The molecule has 190 valence electrons. The van der Waals surface area contributed by atoms with Crippen LogP contribution in [0.3, 0.4) is 0 Å². The molecule has 0 fully saturated rings. The lowest BCUT2D eigenvalue weighted by atomic mass is 10.0. The number of unbranched alkanes of at least 4 members (excludes halogenated alkanes) is 20. The molecule has 0 atom stereocenters. The molecule has 0 aliphatic rings. The van der Waals surface area contributed by atoms with E-state index in [9.17, 15) is 4.79 Å². The van der Waals surface area contributed by atoms with Crippen LogP contribution in [0.25, 0.3) is 0 Å². The first-order valence-electron chi connectivity index (χ1n) is 14.2. The van der Waals surface area contributed by atoms with E-state index < -0.39 is 0 Å². The lowest BCUT2D eigenvalue weighted by molar-refractivity contribution is -0.178. The van der Waals surface area contributed by atoms with E-state index in [0.29, 0.717) is 6.42 Å². The first-order valence-corrected chi connectivity index (χ1v) is 14.2. The Balaban J connectivity index is 3.14. The van der Waals surface area contributed by atoms with Crippen molar-refractivity contribution in [2.75, 3.05) is 14.1 Å². The Labute approximate surface area is 201 Å². The quantitative estimate of drug-likeness (QED) is 0.0786. The van der Waals surface area contributed by atoms with Gasteiger partial charge in [0.05, 0.1) is 0 Å². The number of hydrogen-bond donors (Lipinski definition) is 0. The predicted octanol–water partition coefficient (Wildman–Crippen LogP) is 9.55. The molecule has 0 saturated heterocycles. The molecule has 0 aromatic rings. The SMILES string of the molecule is CCCCCCCCCCCCCCCCCC=CCCCCCCCC(=O)ON(C)C. The maximum absolute atomic E-state index is 11.4. The normalized spacial score (nSPS) is 11.6. The van der Waals surface area contributed by atoms with Crippen LogP contribution in [0.2, 0.25) is 0 Å². The second-order valence-electron chi connectivity index (χ2n) is 9.79. The monoisotopic (exact) mass is 451 g/mol. The average molecular weight is 452 g/mol. The third-order valence-electron chi connectivity index (χ3n) is 6.18. The van der Waals surface area contributed by atoms with Crippen molar-refractivity contribution in [1.29, 1.82) is 0 Å². The van der Waals surface area contributed by atoms with E-state index in [0.717, 1.165) is 12.8 Å². The van der Waals surface area contributed by atoms with E-state index >= 15 is 0 Å². The van der Waals surface area contributed by atoms with Gasteiger partial charge in [-0.25, -0.2) is 0 Å². The molecule has 0 unspecified atom stereocenters. The van der Waals surface area contributed by atoms with Gasteiger partial charge in [-0.2, -0.15) is 0 Å². The molecule has 0 rings (SSSR count). The van der Waals surface area contributed by atoms with Crippen LogP contribution in [0.5, 0.6) is 0 Å². The number of allylic oxidation sites excluding steroid dienone is 2. The average Bonchev–Trinajstić information content (AvgIpc) is 2.76. The fourth-order valence-electron chi connectivity index (χ4n) is 4.18. The molecule has 0 aromatic carbocycles. The molecule has 0 radical (unpaired) electrons. The Bertz CT molecular complexity index is 406. The van der Waals surface area contributed by atoms with E-state index in [1.807, 2.05) is 0 Å². The number of nitrogens with zero attached hydrogens (tertiary/aromatic N) is 1. The van der Waals surface area contributed by atoms with Gasteiger partial charge in [-0.15, -0.1) is 5.06 Å². The highest BCUT2D eigenvalue weighted by Gasteiger charge is 2.03. The summed E-state index contributed by atoms with van der Waals surface area (Å²) in [5, 5.41) is 1.47. The van der Waals surface area contributed by atoms with E-state index in [4.69, 9.17) is 4.84 Å². The second-order valence-corrected chi connectivity index (χ2v) is 9.79. The summed E-state index contributed by atoms with van der Waals surface area (Å²) in [5.41, 5.74) is 0. The van der Waals surface area contributed by atoms with Gasteiger partial charge < -0.3 is 4.84 Å². The van der Waals surface area contributed by atoms with E-state index in [1.165, 1.54) is 133 Å². The van der Waals surface area contributed by atoms with Crippen LogP contribution >= 0.6 is 0 Å². The highest BCUT2D eigenvalue weighted by atomic mass is 16.7. The highest BCUT2D eigenvalue weighted by Crippen LogP contribution is 2.14. The molecule has 3 nitrogen and oxygen atoms in total. The maximum Gasteiger partial charge on any atom is 0.325 e. The minimum Gasteiger partial charge on any atom is -0.369 e. The molecule has 0 amide bonds. The highest BCUT2D eigenvalue weighted by molar-refractivity contribution is 5.68. The zero-order valence-electron chi connectivity index (χ0n) is 22.2. The summed E-state index contributed by atoms with van der Waals surface area (Å²) in [6, 6.07) is 0. The van der Waals surface area contributed by atoms with Crippen LogP contribution in [0, 0.1) is 0 Å². The summed E-state index contributed by atoms with van der Waals surface area (Å²) in [6.45, 7) is 2.29. The Morgan fingerprint density at radius 3 is 1.28 bits per heavy atom. The van der Waals surface area contributed by atoms with Crippen LogP contribution in [0.15, 0.2) is 12.2 Å². The Hall–Kier alpha value is -0.830. The molecule has 32 heavy (non-hydrogen) atoms. The molecule has 0 N–H and O–H groups in total. The molecule has 0 aliphatic carbocycles. The molecule has 0 aliphatic heterocycles. The standard InChI is InChI=1S/C29H57NO2/c1-4-5-6-7-8-9-10-11-12-13-14-15-16-17-18-19-20-21-22-23-24-25-26-27-28-29(31)32-30(2)3/h20-21H,4-19,22-28H2,1-3H3. The molecule has 0 aromatic heterocycles. The summed E-state index contributed by atoms with van der Waals surface area (Å²) >= 11 is 0. The van der Waals surface area contributed by atoms with Crippen LogP contribution in [0.1, 0.15) is 155 Å². The van der Waals surface area contributed by atoms with Crippen molar-refractivity contribution < 1.29 is 9.63 Å². The zero-order valence-corrected chi connectivity index (χ0v) is 22.2. The Morgan fingerprint density at radius 2 is 0.906 bits per heavy atom. The molecular weight excluding hydrogens is 394 g/mol. The number of hydroxylamine groups is 2. The van der Waals surface area contributed by atoms with Crippen molar-refractivity contribution in [3.8, 4) is 0 Å². The van der Waals surface area contributed by atoms with E-state index in [-0.39, 0.29) is 5.97 Å². The number of carbonyl (C=O) groups is 1. The Kier molecular flexibility index (Phi) is 25.7. The van der Waals surface area contributed by atoms with Crippen LogP contribution < -0.4 is 0 Å². The van der Waals surface area contributed by atoms with Gasteiger partial charge in [0.15, 0.2) is 0 Å². The molecular formula is C29H57NO2. The van der Waals surface area contributed by atoms with Gasteiger partial charge in [-0.3, -0.25) is 4.79 Å². The third kappa shape index (κ3) is 27.2. The topological polar surface area (TPSA) is 29.5 Å². The fourth-order valence-corrected chi connectivity index (χ4v) is 4.18. The summed E-state index contributed by atoms with van der Waals surface area (Å²) in [5.74, 6) is -0.114. The van der Waals surface area contributed by atoms with E-state index in [1.54, 1.807) is 14.1 Å². The van der Waals surface area contributed by atoms with Gasteiger partial charge in [-0.1, -0.05) is 128 Å². The number of carbonyl (C=O) groups excluding carboxylic acids is 1. The summed E-state index contributed by atoms with van der Waals surface area (Å²) < 4.78 is 0. The van der Waals surface area contributed by atoms with Crippen molar-refractivity contribution >= 4 is 5.97 Å². The first kappa shape index (κ1) is 31.2. The minimum atomic E-state index is -0.114. The van der Waals surface area contributed by atoms with Crippen LogP contribution in [-0.4, -0.2) is 25.1 Å². The smallest absolute Gasteiger partial charge is 0.325 e. The van der Waals surface area contributed by atoms with Gasteiger partial charge in [0.2, 0.25) is 0 Å². The number of rotatable bonds is 25. The summed E-state index contributed by atoms with van der Waals surface area (Å²) in [6.07, 6.45) is 35.1. The zero-order chi connectivity index (χ0) is 23.5. The van der Waals surface area contributed by atoms with Crippen molar-refractivity contribution in [2.45, 2.75) is 155 Å². The number of hydrogen-bond acceptors (Lipinski definition) is 3. The predicted molar refractivity (Wildman–Crippen MR) is 141 cm³/mol. The maximum atomic E-state index is 11.4. The Morgan fingerprint density at radius 1 is 0.562 bits per heavy atom. The molecule has 0 bridgehead atoms. The lowest BCUT2D eigenvalue weighted by Gasteiger charge is -2.09. The summed E-state index contributed by atoms with van der Waals surface area (Å²) in [7, 11) is 3.48. The molecule has 3 heteroatoms. The van der Waals surface area contributed by atoms with Crippen molar-refractivity contribution in [3.05, 3.63) is 12.2 Å². The molecule has 0 spiro atoms. The largest absolute Gasteiger partial charge is 0.369 e. The first-order chi connectivity index (χ1) is 15.7. The van der Waals surface area contributed by atoms with Gasteiger partial charge in [0.1, 0.15) is 0 Å². The second kappa shape index (κ2) is 26.4. The van der Waals surface area contributed by atoms with Gasteiger partial charge >= 0.3 is 5.97 Å². The minimum absolute atomic E-state index is 0.114. The van der Waals surface area contributed by atoms with Crippen LogP contribution in [0.4, 0.5) is 0 Å². The molecule has 0 heterocycles.